The molecule has 2 aliphatic rings. The highest BCUT2D eigenvalue weighted by Crippen LogP contribution is 2.36. The molecule has 86 valence electrons. The van der Waals surface area contributed by atoms with Crippen LogP contribution in [0.2, 0.25) is 0 Å². The number of aryl methyl sites for hydroxylation is 1. The van der Waals surface area contributed by atoms with Gasteiger partial charge < -0.3 is 9.47 Å². The fraction of sp³-hybridized carbons (Fsp3) is 0.615. The Morgan fingerprint density at radius 1 is 1.44 bits per heavy atom. The number of rotatable bonds is 4. The van der Waals surface area contributed by atoms with Gasteiger partial charge in [0.05, 0.1) is 6.54 Å². The third-order valence-electron chi connectivity index (χ3n) is 3.58. The second-order valence-corrected chi connectivity index (χ2v) is 5.08. The van der Waals surface area contributed by atoms with E-state index in [1.54, 1.807) is 0 Å². The van der Waals surface area contributed by atoms with Crippen molar-refractivity contribution >= 4 is 5.91 Å². The summed E-state index contributed by atoms with van der Waals surface area (Å²) < 4.78 is 2.11. The fourth-order valence-electron chi connectivity index (χ4n) is 2.17. The van der Waals surface area contributed by atoms with E-state index in [4.69, 9.17) is 0 Å². The van der Waals surface area contributed by atoms with Crippen LogP contribution in [0.1, 0.15) is 31.4 Å². The largest absolute Gasteiger partial charge is 0.353 e. The minimum Gasteiger partial charge on any atom is -0.353 e. The molecular formula is C13H18N2O. The Kier molecular flexibility index (Phi) is 2.27. The van der Waals surface area contributed by atoms with Crippen LogP contribution in [0.3, 0.4) is 0 Å². The molecule has 0 aliphatic heterocycles. The van der Waals surface area contributed by atoms with E-state index < -0.39 is 0 Å². The summed E-state index contributed by atoms with van der Waals surface area (Å²) in [5.74, 6) is 0.740. The molecule has 2 saturated carbocycles. The van der Waals surface area contributed by atoms with Crippen LogP contribution in [0.5, 0.6) is 0 Å². The number of carbonyl (C=O) groups is 1. The van der Waals surface area contributed by atoms with E-state index in [1.807, 2.05) is 19.3 Å². The van der Waals surface area contributed by atoms with Gasteiger partial charge in [-0.3, -0.25) is 4.79 Å². The summed E-state index contributed by atoms with van der Waals surface area (Å²) in [7, 11) is 2.04. The predicted molar refractivity (Wildman–Crippen MR) is 61.7 cm³/mol. The van der Waals surface area contributed by atoms with Gasteiger partial charge in [-0.2, -0.15) is 0 Å². The average molecular weight is 218 g/mol. The Morgan fingerprint density at radius 2 is 2.19 bits per heavy atom. The molecule has 16 heavy (non-hydrogen) atoms. The number of hydrogen-bond donors (Lipinski definition) is 0. The van der Waals surface area contributed by atoms with Gasteiger partial charge in [0.1, 0.15) is 0 Å². The minimum atomic E-state index is 0.348. The number of amides is 1. The van der Waals surface area contributed by atoms with E-state index in [-0.39, 0.29) is 0 Å². The Hall–Kier alpha value is -1.25. The summed E-state index contributed by atoms with van der Waals surface area (Å²) in [6.45, 7) is 0.795. The first-order valence-corrected chi connectivity index (χ1v) is 6.16. The number of aromatic nitrogens is 1. The zero-order valence-corrected chi connectivity index (χ0v) is 9.72. The van der Waals surface area contributed by atoms with Crippen molar-refractivity contribution < 1.29 is 4.79 Å². The summed E-state index contributed by atoms with van der Waals surface area (Å²) in [5, 5.41) is 0. The summed E-state index contributed by atoms with van der Waals surface area (Å²) in [4.78, 5) is 14.2. The second kappa shape index (κ2) is 3.65. The monoisotopic (exact) mass is 218 g/mol. The van der Waals surface area contributed by atoms with Gasteiger partial charge in [0.15, 0.2) is 0 Å². The molecule has 0 spiro atoms. The molecule has 0 atom stereocenters. The quantitative estimate of drug-likeness (QED) is 0.758. The first-order valence-electron chi connectivity index (χ1n) is 6.16. The molecule has 3 rings (SSSR count). The van der Waals surface area contributed by atoms with Gasteiger partial charge in [0.2, 0.25) is 5.91 Å². The topological polar surface area (TPSA) is 25.2 Å². The molecule has 0 radical (unpaired) electrons. The molecule has 0 unspecified atom stereocenters. The molecule has 1 aromatic rings. The van der Waals surface area contributed by atoms with Gasteiger partial charge in [-0.1, -0.05) is 0 Å². The van der Waals surface area contributed by atoms with E-state index in [9.17, 15) is 4.79 Å². The third kappa shape index (κ3) is 1.86. The van der Waals surface area contributed by atoms with Crippen LogP contribution in [0.15, 0.2) is 18.3 Å². The molecule has 1 amide bonds. The maximum atomic E-state index is 12.1. The first-order chi connectivity index (χ1) is 7.75. The van der Waals surface area contributed by atoms with Gasteiger partial charge in [0, 0.05) is 30.9 Å². The lowest BCUT2D eigenvalue weighted by atomic mass is 10.3. The zero-order valence-electron chi connectivity index (χ0n) is 9.72. The predicted octanol–water partition coefficient (Wildman–Crippen LogP) is 1.93. The van der Waals surface area contributed by atoms with Crippen molar-refractivity contribution in [1.29, 1.82) is 0 Å². The van der Waals surface area contributed by atoms with Crippen LogP contribution in [-0.2, 0) is 18.4 Å². The standard InChI is InChI=1S/C13H18N2O/c1-14-8-2-3-12(14)9-15(11-6-7-11)13(16)10-4-5-10/h2-3,8,10-11H,4-7,9H2,1H3. The minimum absolute atomic E-state index is 0.348. The van der Waals surface area contributed by atoms with Crippen molar-refractivity contribution in [2.75, 3.05) is 0 Å². The van der Waals surface area contributed by atoms with Crippen molar-refractivity contribution in [3.05, 3.63) is 24.0 Å². The van der Waals surface area contributed by atoms with E-state index >= 15 is 0 Å². The molecule has 3 nitrogen and oxygen atoms in total. The highest BCUT2D eigenvalue weighted by molar-refractivity contribution is 5.81. The summed E-state index contributed by atoms with van der Waals surface area (Å²) in [6.07, 6.45) is 6.65. The lowest BCUT2D eigenvalue weighted by Gasteiger charge is -2.22. The van der Waals surface area contributed by atoms with Crippen LogP contribution in [0.4, 0.5) is 0 Å². The van der Waals surface area contributed by atoms with E-state index in [1.165, 1.54) is 18.5 Å². The maximum Gasteiger partial charge on any atom is 0.226 e. The first kappa shape index (κ1) is 9.94. The van der Waals surface area contributed by atoms with Crippen LogP contribution in [0, 0.1) is 5.92 Å². The smallest absolute Gasteiger partial charge is 0.226 e. The van der Waals surface area contributed by atoms with E-state index in [2.05, 4.69) is 15.5 Å². The zero-order chi connectivity index (χ0) is 11.1. The van der Waals surface area contributed by atoms with Gasteiger partial charge in [-0.25, -0.2) is 0 Å². The molecule has 3 heteroatoms. The van der Waals surface area contributed by atoms with Gasteiger partial charge in [-0.15, -0.1) is 0 Å². The maximum absolute atomic E-state index is 12.1. The van der Waals surface area contributed by atoms with Crippen molar-refractivity contribution in [3.8, 4) is 0 Å². The van der Waals surface area contributed by atoms with Crippen LogP contribution in [0.25, 0.3) is 0 Å². The molecular weight excluding hydrogens is 200 g/mol. The molecule has 1 heterocycles. The lowest BCUT2D eigenvalue weighted by molar-refractivity contribution is -0.133. The van der Waals surface area contributed by atoms with Crippen molar-refractivity contribution in [2.24, 2.45) is 13.0 Å². The normalized spacial score (nSPS) is 19.8. The van der Waals surface area contributed by atoms with Crippen LogP contribution >= 0.6 is 0 Å². The molecule has 0 saturated heterocycles. The Balaban J connectivity index is 1.73. The fourth-order valence-corrected chi connectivity index (χ4v) is 2.17. The average Bonchev–Trinajstić information content (AvgIpc) is 3.14. The number of carbonyl (C=O) groups excluding carboxylic acids is 1. The lowest BCUT2D eigenvalue weighted by Crippen LogP contribution is -2.34. The highest BCUT2D eigenvalue weighted by atomic mass is 16.2. The Bertz CT molecular complexity index is 402. The SMILES string of the molecule is Cn1cccc1CN(C(=O)C1CC1)C1CC1. The van der Waals surface area contributed by atoms with Gasteiger partial charge in [0.25, 0.3) is 0 Å². The molecule has 0 aromatic carbocycles. The highest BCUT2D eigenvalue weighted by Gasteiger charge is 2.40. The van der Waals surface area contributed by atoms with Gasteiger partial charge in [-0.05, 0) is 37.8 Å². The summed E-state index contributed by atoms with van der Waals surface area (Å²) in [6, 6.07) is 4.68. The van der Waals surface area contributed by atoms with Crippen LogP contribution < -0.4 is 0 Å². The molecule has 0 bridgehead atoms. The third-order valence-corrected chi connectivity index (χ3v) is 3.58. The molecule has 2 fully saturated rings. The second-order valence-electron chi connectivity index (χ2n) is 5.08. The molecule has 1 aromatic heterocycles. The van der Waals surface area contributed by atoms with Crippen LogP contribution in [-0.4, -0.2) is 21.4 Å². The van der Waals surface area contributed by atoms with Crippen molar-refractivity contribution in [1.82, 2.24) is 9.47 Å². The van der Waals surface area contributed by atoms with Crippen molar-refractivity contribution in [2.45, 2.75) is 38.3 Å². The van der Waals surface area contributed by atoms with E-state index in [0.29, 0.717) is 17.9 Å². The van der Waals surface area contributed by atoms with Gasteiger partial charge >= 0.3 is 0 Å². The van der Waals surface area contributed by atoms with E-state index in [0.717, 1.165) is 19.4 Å². The molecule has 2 aliphatic carbocycles. The summed E-state index contributed by atoms with van der Waals surface area (Å²) in [5.41, 5.74) is 1.24. The van der Waals surface area contributed by atoms with Crippen molar-refractivity contribution in [3.63, 3.8) is 0 Å². The summed E-state index contributed by atoms with van der Waals surface area (Å²) >= 11 is 0. The number of hydrogen-bond acceptors (Lipinski definition) is 1. The Labute approximate surface area is 96.0 Å². The Morgan fingerprint density at radius 3 is 2.69 bits per heavy atom. The molecule has 0 N–H and O–H groups in total. The number of nitrogens with zero attached hydrogens (tertiary/aromatic N) is 2.